The Morgan fingerprint density at radius 2 is 1.86 bits per heavy atom. The average molecular weight is 437 g/mol. The molecule has 124 valence electrons. The topological polar surface area (TPSA) is 54.5 Å². The molecule has 1 rings (SSSR count). The molecule has 1 aromatic carbocycles. The van der Waals surface area contributed by atoms with Crippen molar-refractivity contribution in [3.63, 3.8) is 0 Å². The number of carbonyl (C=O) groups is 1. The van der Waals surface area contributed by atoms with E-state index < -0.39 is 10.0 Å². The average Bonchev–Trinajstić information content (AvgIpc) is 2.48. The maximum Gasteiger partial charge on any atom is 0.243 e. The minimum Gasteiger partial charge on any atom is -0.273 e. The molecule has 1 unspecified atom stereocenters. The first-order chi connectivity index (χ1) is 10.4. The highest BCUT2D eigenvalue weighted by Gasteiger charge is 2.30. The number of unbranched alkanes of at least 4 members (excludes halogenated alkanes) is 1. The third-order valence-electron chi connectivity index (χ3n) is 3.49. The molecule has 0 aliphatic heterocycles. The molecule has 0 saturated heterocycles. The Morgan fingerprint density at radius 3 is 2.36 bits per heavy atom. The second kappa shape index (κ2) is 9.50. The van der Waals surface area contributed by atoms with Crippen molar-refractivity contribution in [2.24, 2.45) is 0 Å². The number of hydrogen-bond donors (Lipinski definition) is 0. The summed E-state index contributed by atoms with van der Waals surface area (Å²) in [5.74, 6) is -0.686. The number of carbonyl (C=O) groups excluding carboxylic acids is 1. The first-order valence-electron chi connectivity index (χ1n) is 7.54. The maximum atomic E-state index is 12.8. The number of benzene rings is 1. The van der Waals surface area contributed by atoms with Crippen LogP contribution in [0, 0.1) is 0 Å². The van der Waals surface area contributed by atoms with Crippen molar-refractivity contribution in [2.75, 3.05) is 17.2 Å². The number of alkyl halides is 1. The zero-order chi connectivity index (χ0) is 16.6. The number of halogens is 1. The van der Waals surface area contributed by atoms with Gasteiger partial charge in [0.25, 0.3) is 0 Å². The highest BCUT2D eigenvalue weighted by Crippen LogP contribution is 2.25. The second-order valence-corrected chi connectivity index (χ2v) is 8.31. The fourth-order valence-electron chi connectivity index (χ4n) is 2.31. The molecule has 1 aromatic rings. The predicted molar refractivity (Wildman–Crippen MR) is 98.8 cm³/mol. The highest BCUT2D eigenvalue weighted by molar-refractivity contribution is 14.1. The molecule has 0 bridgehead atoms. The number of rotatable bonds is 9. The minimum absolute atomic E-state index is 0.266. The summed E-state index contributed by atoms with van der Waals surface area (Å²) >= 11 is 2.28. The summed E-state index contributed by atoms with van der Waals surface area (Å²) in [4.78, 5) is 12.8. The van der Waals surface area contributed by atoms with Crippen molar-refractivity contribution in [3.8, 4) is 0 Å². The number of nitrogens with zero attached hydrogens (tertiary/aromatic N) is 1. The van der Waals surface area contributed by atoms with Crippen molar-refractivity contribution in [1.29, 1.82) is 0 Å². The third-order valence-corrected chi connectivity index (χ3v) is 5.41. The number of amides is 1. The van der Waals surface area contributed by atoms with Crippen molar-refractivity contribution in [3.05, 3.63) is 35.9 Å². The van der Waals surface area contributed by atoms with Crippen LogP contribution in [0.2, 0.25) is 0 Å². The molecule has 0 aromatic heterocycles. The van der Waals surface area contributed by atoms with Gasteiger partial charge in [-0.1, -0.05) is 66.3 Å². The second-order valence-electron chi connectivity index (χ2n) is 5.32. The molecule has 0 N–H and O–H groups in total. The lowest BCUT2D eigenvalue weighted by Gasteiger charge is -2.26. The van der Waals surface area contributed by atoms with E-state index in [0.717, 1.165) is 33.4 Å². The Labute approximate surface area is 147 Å². The van der Waals surface area contributed by atoms with Gasteiger partial charge in [-0.25, -0.2) is 12.7 Å². The Bertz CT molecular complexity index is 560. The van der Waals surface area contributed by atoms with Gasteiger partial charge in [-0.15, -0.1) is 0 Å². The molecule has 0 fully saturated rings. The fourth-order valence-corrected chi connectivity index (χ4v) is 3.67. The van der Waals surface area contributed by atoms with Crippen LogP contribution in [-0.2, 0) is 14.8 Å². The van der Waals surface area contributed by atoms with Crippen LogP contribution in [0.25, 0.3) is 0 Å². The third kappa shape index (κ3) is 5.87. The number of sulfonamides is 1. The van der Waals surface area contributed by atoms with E-state index >= 15 is 0 Å². The highest BCUT2D eigenvalue weighted by atomic mass is 127. The molecule has 0 radical (unpaired) electrons. The van der Waals surface area contributed by atoms with E-state index in [1.54, 1.807) is 0 Å². The van der Waals surface area contributed by atoms with Gasteiger partial charge in [0, 0.05) is 6.54 Å². The normalized spacial score (nSPS) is 12.9. The molecular weight excluding hydrogens is 413 g/mol. The van der Waals surface area contributed by atoms with Crippen LogP contribution in [-0.4, -0.2) is 35.9 Å². The summed E-state index contributed by atoms with van der Waals surface area (Å²) in [6.45, 7) is 2.25. The van der Waals surface area contributed by atoms with Crippen LogP contribution in [0.3, 0.4) is 0 Å². The maximum absolute atomic E-state index is 12.8. The lowest BCUT2D eigenvalue weighted by molar-refractivity contribution is -0.128. The van der Waals surface area contributed by atoms with Gasteiger partial charge in [-0.3, -0.25) is 4.79 Å². The van der Waals surface area contributed by atoms with Crippen LogP contribution < -0.4 is 0 Å². The van der Waals surface area contributed by atoms with Crippen LogP contribution in [0.1, 0.15) is 44.1 Å². The zero-order valence-corrected chi connectivity index (χ0v) is 16.1. The molecule has 6 heteroatoms. The molecule has 0 heterocycles. The lowest BCUT2D eigenvalue weighted by Crippen LogP contribution is -2.40. The smallest absolute Gasteiger partial charge is 0.243 e. The molecule has 4 nitrogen and oxygen atoms in total. The van der Waals surface area contributed by atoms with Gasteiger partial charge in [0.2, 0.25) is 15.9 Å². The van der Waals surface area contributed by atoms with Gasteiger partial charge in [-0.2, -0.15) is 0 Å². The van der Waals surface area contributed by atoms with Gasteiger partial charge >= 0.3 is 0 Å². The molecular formula is C16H24INO3S. The van der Waals surface area contributed by atoms with Crippen LogP contribution >= 0.6 is 22.6 Å². The van der Waals surface area contributed by atoms with Gasteiger partial charge in [0.15, 0.2) is 0 Å². The molecule has 0 spiro atoms. The van der Waals surface area contributed by atoms with E-state index in [-0.39, 0.29) is 18.4 Å². The van der Waals surface area contributed by atoms with Crippen LogP contribution in [0.5, 0.6) is 0 Å². The van der Waals surface area contributed by atoms with Crippen LogP contribution in [0.15, 0.2) is 30.3 Å². The Kier molecular flexibility index (Phi) is 8.38. The zero-order valence-electron chi connectivity index (χ0n) is 13.2. The van der Waals surface area contributed by atoms with E-state index in [4.69, 9.17) is 0 Å². The molecule has 1 amide bonds. The molecule has 1 atom stereocenters. The lowest BCUT2D eigenvalue weighted by atomic mass is 9.93. The van der Waals surface area contributed by atoms with Crippen LogP contribution in [0.4, 0.5) is 0 Å². The predicted octanol–water partition coefficient (Wildman–Crippen LogP) is 3.57. The number of hydrogen-bond acceptors (Lipinski definition) is 3. The van der Waals surface area contributed by atoms with Crippen molar-refractivity contribution < 1.29 is 13.2 Å². The molecule has 22 heavy (non-hydrogen) atoms. The molecule has 0 saturated carbocycles. The summed E-state index contributed by atoms with van der Waals surface area (Å²) in [6.07, 6.45) is 4.21. The van der Waals surface area contributed by atoms with Gasteiger partial charge in [-0.05, 0) is 29.3 Å². The summed E-state index contributed by atoms with van der Waals surface area (Å²) in [5.41, 5.74) is 0.891. The standard InChI is InChI=1S/C16H24INO3S/c1-3-4-13-18(22(2,20)21)16(19)15(11-8-12-17)14-9-6-5-7-10-14/h5-7,9-10,15H,3-4,8,11-13H2,1-2H3. The van der Waals surface area contributed by atoms with Gasteiger partial charge < -0.3 is 0 Å². The van der Waals surface area contributed by atoms with Crippen molar-refractivity contribution in [1.82, 2.24) is 4.31 Å². The summed E-state index contributed by atoms with van der Waals surface area (Å²) in [7, 11) is -3.53. The van der Waals surface area contributed by atoms with E-state index in [0.29, 0.717) is 12.8 Å². The largest absolute Gasteiger partial charge is 0.273 e. The summed E-state index contributed by atoms with van der Waals surface area (Å²) < 4.78 is 26.0. The Balaban J connectivity index is 3.07. The van der Waals surface area contributed by atoms with E-state index in [9.17, 15) is 13.2 Å². The van der Waals surface area contributed by atoms with Gasteiger partial charge in [0.05, 0.1) is 12.2 Å². The molecule has 0 aliphatic rings. The Morgan fingerprint density at radius 1 is 1.23 bits per heavy atom. The monoisotopic (exact) mass is 437 g/mol. The van der Waals surface area contributed by atoms with E-state index in [1.807, 2.05) is 37.3 Å². The SMILES string of the molecule is CCCCN(C(=O)C(CCCI)c1ccccc1)S(C)(=O)=O. The fraction of sp³-hybridized carbons (Fsp3) is 0.562. The molecule has 0 aliphatic carbocycles. The first kappa shape index (κ1) is 19.4. The van der Waals surface area contributed by atoms with E-state index in [1.165, 1.54) is 0 Å². The first-order valence-corrected chi connectivity index (χ1v) is 10.9. The Hall–Kier alpha value is -0.630. The summed E-state index contributed by atoms with van der Waals surface area (Å²) in [5, 5.41) is 0. The van der Waals surface area contributed by atoms with E-state index in [2.05, 4.69) is 22.6 Å². The van der Waals surface area contributed by atoms with Gasteiger partial charge in [0.1, 0.15) is 0 Å². The van der Waals surface area contributed by atoms with Crippen molar-refractivity contribution in [2.45, 2.75) is 38.5 Å². The quantitative estimate of drug-likeness (QED) is 0.439. The minimum atomic E-state index is -3.53. The summed E-state index contributed by atoms with van der Waals surface area (Å²) in [6, 6.07) is 9.47. The van der Waals surface area contributed by atoms with Crippen molar-refractivity contribution >= 4 is 38.5 Å².